The maximum absolute atomic E-state index is 13.3. The maximum Gasteiger partial charge on any atom is 0.407 e. The Morgan fingerprint density at radius 2 is 1.34 bits per heavy atom. The number of alkyl carbamates (subject to hydrolysis) is 1. The number of nitrogens with one attached hydrogen (secondary N) is 2. The molecule has 0 saturated heterocycles. The first-order valence-electron chi connectivity index (χ1n) is 15.2. The van der Waals surface area contributed by atoms with Crippen molar-refractivity contribution in [2.75, 3.05) is 13.2 Å². The van der Waals surface area contributed by atoms with Crippen molar-refractivity contribution in [2.45, 2.75) is 68.6 Å². The fraction of sp³-hybridized carbons (Fsp3) is 0.429. The number of hydrogen-bond donors (Lipinski definition) is 2. The first kappa shape index (κ1) is 25.1. The molecule has 2 atom stereocenters. The van der Waals surface area contributed by atoms with E-state index in [9.17, 15) is 9.59 Å². The molecule has 2 amide bonds. The van der Waals surface area contributed by atoms with Crippen LogP contribution in [0.2, 0.25) is 0 Å². The summed E-state index contributed by atoms with van der Waals surface area (Å²) in [7, 11) is 0. The van der Waals surface area contributed by atoms with E-state index in [1.54, 1.807) is 0 Å². The van der Waals surface area contributed by atoms with Crippen LogP contribution in [0.5, 0.6) is 0 Å². The highest BCUT2D eigenvalue weighted by Gasteiger charge is 2.58. The van der Waals surface area contributed by atoms with Crippen LogP contribution in [0.15, 0.2) is 72.8 Å². The van der Waals surface area contributed by atoms with Gasteiger partial charge in [0.15, 0.2) is 0 Å². The second-order valence-electron chi connectivity index (χ2n) is 13.3. The fourth-order valence-electron chi connectivity index (χ4n) is 9.35. The summed E-state index contributed by atoms with van der Waals surface area (Å²) in [6.07, 6.45) is 5.97. The van der Waals surface area contributed by atoms with Gasteiger partial charge in [0.2, 0.25) is 5.91 Å². The van der Waals surface area contributed by atoms with E-state index in [4.69, 9.17) is 4.74 Å². The number of ether oxygens (including phenoxy) is 1. The van der Waals surface area contributed by atoms with Crippen LogP contribution >= 0.6 is 0 Å². The van der Waals surface area contributed by atoms with Crippen LogP contribution in [-0.4, -0.2) is 41.1 Å². The summed E-state index contributed by atoms with van der Waals surface area (Å²) in [6.45, 7) is 2.08. The molecule has 9 rings (SSSR count). The van der Waals surface area contributed by atoms with Crippen molar-refractivity contribution in [2.24, 2.45) is 11.8 Å². The highest BCUT2D eigenvalue weighted by molar-refractivity contribution is 5.80. The van der Waals surface area contributed by atoms with Crippen LogP contribution in [0.4, 0.5) is 4.79 Å². The third-order valence-electron chi connectivity index (χ3n) is 10.6. The van der Waals surface area contributed by atoms with E-state index in [1.165, 1.54) is 39.8 Å². The maximum atomic E-state index is 13.3. The molecule has 6 aliphatic rings. The molecule has 4 fully saturated rings. The van der Waals surface area contributed by atoms with Gasteiger partial charge in [-0.3, -0.25) is 4.79 Å². The number of hydrogen-bond acceptors (Lipinski definition) is 4. The molecular formula is C35H37N3O3. The summed E-state index contributed by atoms with van der Waals surface area (Å²) in [6, 6.07) is 25.2. The Morgan fingerprint density at radius 3 is 1.98 bits per heavy atom. The molecule has 3 aromatic rings. The zero-order chi connectivity index (χ0) is 27.6. The molecule has 5 aliphatic carbocycles. The van der Waals surface area contributed by atoms with Gasteiger partial charge in [0.1, 0.15) is 6.61 Å². The predicted molar refractivity (Wildman–Crippen MR) is 157 cm³/mol. The number of carbonyl (C=O) groups is 2. The van der Waals surface area contributed by atoms with Gasteiger partial charge in [0.25, 0.3) is 0 Å². The van der Waals surface area contributed by atoms with Crippen molar-refractivity contribution in [1.82, 2.24) is 15.5 Å². The number of amides is 2. The molecule has 0 spiro atoms. The first-order chi connectivity index (χ1) is 20.0. The van der Waals surface area contributed by atoms with Crippen LogP contribution in [0, 0.1) is 11.8 Å². The van der Waals surface area contributed by atoms with Crippen molar-refractivity contribution < 1.29 is 14.3 Å². The molecule has 2 N–H and O–H groups in total. The van der Waals surface area contributed by atoms with E-state index in [1.807, 2.05) is 17.0 Å². The average Bonchev–Trinajstić information content (AvgIpc) is 3.54. The molecule has 1 aliphatic heterocycles. The molecule has 210 valence electrons. The van der Waals surface area contributed by atoms with Gasteiger partial charge in [-0.1, -0.05) is 72.8 Å². The number of fused-ring (bicyclic) bond motifs is 4. The van der Waals surface area contributed by atoms with Crippen LogP contribution in [-0.2, 0) is 22.6 Å². The molecule has 6 nitrogen and oxygen atoms in total. The highest BCUT2D eigenvalue weighted by atomic mass is 16.5. The van der Waals surface area contributed by atoms with Gasteiger partial charge in [0.05, 0.1) is 6.54 Å². The second-order valence-corrected chi connectivity index (χ2v) is 13.3. The number of rotatable bonds is 6. The molecule has 2 unspecified atom stereocenters. The van der Waals surface area contributed by atoms with Crippen LogP contribution in [0.1, 0.15) is 66.7 Å². The number of benzene rings is 3. The minimum absolute atomic E-state index is 0.0558. The molecular weight excluding hydrogens is 510 g/mol. The first-order valence-corrected chi connectivity index (χ1v) is 15.2. The van der Waals surface area contributed by atoms with E-state index in [0.717, 1.165) is 32.1 Å². The number of carbonyl (C=O) groups excluding carboxylic acids is 2. The molecule has 0 radical (unpaired) electrons. The average molecular weight is 548 g/mol. The van der Waals surface area contributed by atoms with Crippen LogP contribution in [0.3, 0.4) is 0 Å². The van der Waals surface area contributed by atoms with E-state index in [-0.39, 0.29) is 29.0 Å². The number of nitrogens with zero attached hydrogens (tertiary/aromatic N) is 1. The van der Waals surface area contributed by atoms with Crippen LogP contribution in [0.25, 0.3) is 11.1 Å². The van der Waals surface area contributed by atoms with Gasteiger partial charge in [-0.15, -0.1) is 0 Å². The monoisotopic (exact) mass is 547 g/mol. The Morgan fingerprint density at radius 1 is 0.780 bits per heavy atom. The lowest BCUT2D eigenvalue weighted by Crippen LogP contribution is -2.69. The molecule has 3 aromatic carbocycles. The Bertz CT molecular complexity index is 1450. The summed E-state index contributed by atoms with van der Waals surface area (Å²) in [5.74, 6) is 1.36. The van der Waals surface area contributed by atoms with Gasteiger partial charge in [-0.2, -0.15) is 0 Å². The SMILES string of the molecule is O=C(NC12CC3CC(CC(NCC(=O)N4Cc5ccccc5C4)(C3)C1)C2)OCC1c2ccccc2-c2ccccc21. The Kier molecular flexibility index (Phi) is 5.79. The van der Waals surface area contributed by atoms with Crippen LogP contribution < -0.4 is 10.6 Å². The minimum Gasteiger partial charge on any atom is -0.449 e. The molecule has 41 heavy (non-hydrogen) atoms. The van der Waals surface area contributed by atoms with E-state index in [2.05, 4.69) is 71.3 Å². The predicted octanol–water partition coefficient (Wildman–Crippen LogP) is 5.75. The largest absolute Gasteiger partial charge is 0.449 e. The summed E-state index contributed by atoms with van der Waals surface area (Å²) >= 11 is 0. The molecule has 6 heteroatoms. The Balaban J connectivity index is 0.926. The van der Waals surface area contributed by atoms with Crippen molar-refractivity contribution in [1.29, 1.82) is 0 Å². The van der Waals surface area contributed by atoms with Crippen molar-refractivity contribution in [3.63, 3.8) is 0 Å². The summed E-state index contributed by atoms with van der Waals surface area (Å²) in [4.78, 5) is 28.5. The van der Waals surface area contributed by atoms with Crippen molar-refractivity contribution in [3.8, 4) is 11.1 Å². The molecule has 4 bridgehead atoms. The third-order valence-corrected chi connectivity index (χ3v) is 10.6. The Hall–Kier alpha value is -3.64. The van der Waals surface area contributed by atoms with E-state index < -0.39 is 0 Å². The van der Waals surface area contributed by atoms with E-state index in [0.29, 0.717) is 38.1 Å². The lowest BCUT2D eigenvalue weighted by Gasteiger charge is -2.62. The van der Waals surface area contributed by atoms with Crippen molar-refractivity contribution >= 4 is 12.0 Å². The van der Waals surface area contributed by atoms with Gasteiger partial charge in [0, 0.05) is 30.1 Å². The van der Waals surface area contributed by atoms with Crippen molar-refractivity contribution in [3.05, 3.63) is 95.1 Å². The smallest absolute Gasteiger partial charge is 0.407 e. The normalized spacial score (nSPS) is 28.7. The minimum atomic E-state index is -0.310. The van der Waals surface area contributed by atoms with E-state index >= 15 is 0 Å². The highest BCUT2D eigenvalue weighted by Crippen LogP contribution is 2.57. The molecule has 0 aromatic heterocycles. The van der Waals surface area contributed by atoms with Gasteiger partial charge in [-0.05, 0) is 83.7 Å². The molecule has 4 saturated carbocycles. The zero-order valence-electron chi connectivity index (χ0n) is 23.4. The van der Waals surface area contributed by atoms with Gasteiger partial charge < -0.3 is 20.3 Å². The summed E-state index contributed by atoms with van der Waals surface area (Å²) in [5.41, 5.74) is 7.08. The third kappa shape index (κ3) is 4.35. The Labute approximate surface area is 241 Å². The fourth-order valence-corrected chi connectivity index (χ4v) is 9.35. The second kappa shape index (κ2) is 9.45. The quantitative estimate of drug-likeness (QED) is 0.412. The summed E-state index contributed by atoms with van der Waals surface area (Å²) in [5, 5.41) is 7.12. The zero-order valence-corrected chi connectivity index (χ0v) is 23.4. The topological polar surface area (TPSA) is 70.7 Å². The lowest BCUT2D eigenvalue weighted by molar-refractivity contribution is -0.132. The van der Waals surface area contributed by atoms with Gasteiger partial charge in [-0.25, -0.2) is 4.79 Å². The lowest BCUT2D eigenvalue weighted by atomic mass is 9.50. The summed E-state index contributed by atoms with van der Waals surface area (Å²) < 4.78 is 5.98. The van der Waals surface area contributed by atoms with Gasteiger partial charge >= 0.3 is 6.09 Å². The standard InChI is InChI=1S/C35H37N3O3/c39-32(38-19-25-7-1-2-8-26(25)20-38)18-36-34-14-23-13-24(15-34)17-35(16-23,22-34)37-33(40)41-21-31-29-11-5-3-9-27(29)28-10-4-6-12-30(28)31/h1-12,23-24,31,36H,13-22H2,(H,37,40). The molecule has 1 heterocycles.